The first-order valence-electron chi connectivity index (χ1n) is 7.28. The number of morpholine rings is 1. The van der Waals surface area contributed by atoms with E-state index in [0.29, 0.717) is 25.6 Å². The van der Waals surface area contributed by atoms with Gasteiger partial charge in [-0.25, -0.2) is 0 Å². The highest BCUT2D eigenvalue weighted by Gasteiger charge is 2.41. The van der Waals surface area contributed by atoms with Gasteiger partial charge in [0.1, 0.15) is 0 Å². The molecular formula is C13H26N2O4S. The van der Waals surface area contributed by atoms with Crippen molar-refractivity contribution >= 4 is 10.2 Å². The predicted octanol–water partition coefficient (Wildman–Crippen LogP) is 0.435. The van der Waals surface area contributed by atoms with Gasteiger partial charge in [-0.1, -0.05) is 6.92 Å². The van der Waals surface area contributed by atoms with Crippen LogP contribution in [0.25, 0.3) is 0 Å². The molecule has 2 heterocycles. The van der Waals surface area contributed by atoms with Crippen molar-refractivity contribution in [2.24, 2.45) is 5.92 Å². The van der Waals surface area contributed by atoms with Crippen LogP contribution in [-0.4, -0.2) is 66.6 Å². The van der Waals surface area contributed by atoms with Gasteiger partial charge in [-0.15, -0.1) is 0 Å². The van der Waals surface area contributed by atoms with Gasteiger partial charge in [0.05, 0.1) is 18.3 Å². The SMILES string of the molecule is CC1CCCN(S(=O)(=O)N2CC(CO)OC(C)(C)C2)C1. The molecule has 2 saturated heterocycles. The maximum absolute atomic E-state index is 12.8. The molecular weight excluding hydrogens is 280 g/mol. The van der Waals surface area contributed by atoms with Gasteiger partial charge in [-0.2, -0.15) is 17.0 Å². The zero-order chi connectivity index (χ0) is 15.0. The third-order valence-electron chi connectivity index (χ3n) is 3.93. The smallest absolute Gasteiger partial charge is 0.282 e. The Hall–Kier alpha value is -0.210. The van der Waals surface area contributed by atoms with Crippen LogP contribution in [0.15, 0.2) is 0 Å². The normalized spacial score (nSPS) is 33.2. The monoisotopic (exact) mass is 306 g/mol. The Labute approximate surface area is 121 Å². The maximum atomic E-state index is 12.8. The number of aliphatic hydroxyl groups excluding tert-OH is 1. The summed E-state index contributed by atoms with van der Waals surface area (Å²) in [5.41, 5.74) is -0.569. The highest BCUT2D eigenvalue weighted by Crippen LogP contribution is 2.27. The van der Waals surface area contributed by atoms with E-state index < -0.39 is 21.9 Å². The van der Waals surface area contributed by atoms with E-state index in [1.165, 1.54) is 4.31 Å². The van der Waals surface area contributed by atoms with Crippen LogP contribution in [0.3, 0.4) is 0 Å². The lowest BCUT2D eigenvalue weighted by Gasteiger charge is -2.43. The van der Waals surface area contributed by atoms with E-state index in [-0.39, 0.29) is 13.2 Å². The fourth-order valence-electron chi connectivity index (χ4n) is 3.03. The molecule has 1 N–H and O–H groups in total. The Morgan fingerprint density at radius 2 is 2.00 bits per heavy atom. The molecule has 2 fully saturated rings. The maximum Gasteiger partial charge on any atom is 0.282 e. The Morgan fingerprint density at radius 1 is 1.30 bits per heavy atom. The molecule has 20 heavy (non-hydrogen) atoms. The van der Waals surface area contributed by atoms with Crippen molar-refractivity contribution in [1.29, 1.82) is 0 Å². The van der Waals surface area contributed by atoms with Gasteiger partial charge in [0, 0.05) is 26.2 Å². The van der Waals surface area contributed by atoms with Crippen LogP contribution in [0.5, 0.6) is 0 Å². The average Bonchev–Trinajstić information content (AvgIpc) is 2.36. The molecule has 2 unspecified atom stereocenters. The van der Waals surface area contributed by atoms with E-state index in [4.69, 9.17) is 4.74 Å². The minimum absolute atomic E-state index is 0.161. The Kier molecular flexibility index (Phi) is 4.76. The van der Waals surface area contributed by atoms with Crippen molar-refractivity contribution in [1.82, 2.24) is 8.61 Å². The van der Waals surface area contributed by atoms with E-state index in [9.17, 15) is 13.5 Å². The van der Waals surface area contributed by atoms with E-state index in [1.54, 1.807) is 4.31 Å². The van der Waals surface area contributed by atoms with Crippen molar-refractivity contribution in [2.45, 2.75) is 45.3 Å². The summed E-state index contributed by atoms with van der Waals surface area (Å²) in [4.78, 5) is 0. The number of nitrogens with zero attached hydrogens (tertiary/aromatic N) is 2. The highest BCUT2D eigenvalue weighted by atomic mass is 32.2. The van der Waals surface area contributed by atoms with Gasteiger partial charge in [0.25, 0.3) is 10.2 Å². The molecule has 0 radical (unpaired) electrons. The number of aliphatic hydroxyl groups is 1. The van der Waals surface area contributed by atoms with Crippen molar-refractivity contribution < 1.29 is 18.3 Å². The minimum atomic E-state index is -3.46. The molecule has 118 valence electrons. The molecule has 2 aliphatic rings. The predicted molar refractivity (Wildman–Crippen MR) is 76.5 cm³/mol. The van der Waals surface area contributed by atoms with E-state index in [2.05, 4.69) is 6.92 Å². The topological polar surface area (TPSA) is 70.1 Å². The van der Waals surface area contributed by atoms with Crippen LogP contribution in [0.2, 0.25) is 0 Å². The van der Waals surface area contributed by atoms with Gasteiger partial charge in [0.15, 0.2) is 0 Å². The molecule has 0 bridgehead atoms. The summed E-state index contributed by atoms with van der Waals surface area (Å²) in [6, 6.07) is 0. The number of ether oxygens (including phenoxy) is 1. The molecule has 0 aromatic rings. The van der Waals surface area contributed by atoms with Crippen molar-refractivity contribution in [3.8, 4) is 0 Å². The molecule has 6 nitrogen and oxygen atoms in total. The fraction of sp³-hybridized carbons (Fsp3) is 1.00. The summed E-state index contributed by atoms with van der Waals surface area (Å²) in [6.07, 6.45) is 1.55. The fourth-order valence-corrected chi connectivity index (χ4v) is 4.99. The Balaban J connectivity index is 2.15. The van der Waals surface area contributed by atoms with Gasteiger partial charge >= 0.3 is 0 Å². The lowest BCUT2D eigenvalue weighted by Crippen LogP contribution is -2.59. The zero-order valence-electron chi connectivity index (χ0n) is 12.6. The standard InChI is InChI=1S/C13H26N2O4S/c1-11-5-4-6-14(7-11)20(17,18)15-8-12(9-16)19-13(2,3)10-15/h11-12,16H,4-10H2,1-3H3. The quantitative estimate of drug-likeness (QED) is 0.821. The van der Waals surface area contributed by atoms with Crippen LogP contribution in [0.1, 0.15) is 33.6 Å². The number of piperidine rings is 1. The van der Waals surface area contributed by atoms with Gasteiger partial charge in [0.2, 0.25) is 0 Å². The first-order valence-corrected chi connectivity index (χ1v) is 8.68. The van der Waals surface area contributed by atoms with Crippen LogP contribution < -0.4 is 0 Å². The third kappa shape index (κ3) is 3.51. The summed E-state index contributed by atoms with van der Waals surface area (Å²) in [6.45, 7) is 7.38. The summed E-state index contributed by atoms with van der Waals surface area (Å²) in [7, 11) is -3.46. The van der Waals surface area contributed by atoms with Crippen molar-refractivity contribution in [3.63, 3.8) is 0 Å². The van der Waals surface area contributed by atoms with Crippen molar-refractivity contribution in [2.75, 3.05) is 32.8 Å². The number of hydrogen-bond donors (Lipinski definition) is 1. The molecule has 0 aliphatic carbocycles. The number of rotatable bonds is 3. The minimum Gasteiger partial charge on any atom is -0.394 e. The second-order valence-corrected chi connectivity index (χ2v) is 8.52. The summed E-state index contributed by atoms with van der Waals surface area (Å²) < 4.78 is 34.2. The average molecular weight is 306 g/mol. The summed E-state index contributed by atoms with van der Waals surface area (Å²) in [5.74, 6) is 0.404. The first kappa shape index (κ1) is 16.2. The summed E-state index contributed by atoms with van der Waals surface area (Å²) in [5, 5.41) is 9.30. The summed E-state index contributed by atoms with van der Waals surface area (Å²) >= 11 is 0. The second-order valence-electron chi connectivity index (χ2n) is 6.59. The number of hydrogen-bond acceptors (Lipinski definition) is 4. The lowest BCUT2D eigenvalue weighted by atomic mass is 10.0. The molecule has 2 rings (SSSR count). The third-order valence-corrected chi connectivity index (χ3v) is 5.84. The van der Waals surface area contributed by atoms with Crippen LogP contribution >= 0.6 is 0 Å². The van der Waals surface area contributed by atoms with Crippen LogP contribution in [0, 0.1) is 5.92 Å². The molecule has 0 amide bonds. The molecule has 0 aromatic heterocycles. The van der Waals surface area contributed by atoms with Crippen LogP contribution in [-0.2, 0) is 14.9 Å². The molecule has 0 aromatic carbocycles. The van der Waals surface area contributed by atoms with E-state index >= 15 is 0 Å². The van der Waals surface area contributed by atoms with Gasteiger partial charge < -0.3 is 9.84 Å². The molecule has 7 heteroatoms. The van der Waals surface area contributed by atoms with E-state index in [1.807, 2.05) is 13.8 Å². The van der Waals surface area contributed by atoms with Gasteiger partial charge in [-0.3, -0.25) is 0 Å². The largest absolute Gasteiger partial charge is 0.394 e. The molecule has 0 saturated carbocycles. The van der Waals surface area contributed by atoms with Crippen LogP contribution in [0.4, 0.5) is 0 Å². The first-order chi connectivity index (χ1) is 9.24. The molecule has 2 aliphatic heterocycles. The van der Waals surface area contributed by atoms with Gasteiger partial charge in [-0.05, 0) is 32.6 Å². The molecule has 0 spiro atoms. The Bertz CT molecular complexity index is 438. The lowest BCUT2D eigenvalue weighted by molar-refractivity contribution is -0.132. The second kappa shape index (κ2) is 5.88. The van der Waals surface area contributed by atoms with E-state index in [0.717, 1.165) is 12.8 Å². The highest BCUT2D eigenvalue weighted by molar-refractivity contribution is 7.86. The van der Waals surface area contributed by atoms with Crippen molar-refractivity contribution in [3.05, 3.63) is 0 Å². The Morgan fingerprint density at radius 3 is 2.60 bits per heavy atom. The zero-order valence-corrected chi connectivity index (χ0v) is 13.4. The molecule has 2 atom stereocenters.